The molecule has 0 aliphatic heterocycles. The number of ketones is 1. The Bertz CT molecular complexity index is 433. The van der Waals surface area contributed by atoms with Crippen LogP contribution in [0.2, 0.25) is 0 Å². The molecule has 1 aliphatic rings. The topological polar surface area (TPSA) is 33.2 Å². The average molecular weight is 274 g/mol. The number of Topliss-reactive ketones (excluding diaryl/α,β-unsaturated/α-hetero) is 1. The van der Waals surface area contributed by atoms with E-state index in [2.05, 4.69) is 23.7 Å². The highest BCUT2D eigenvalue weighted by atomic mass is 16.1. The Balaban J connectivity index is 2.13. The summed E-state index contributed by atoms with van der Waals surface area (Å²) in [5.41, 5.74) is 0.698. The van der Waals surface area contributed by atoms with Crippen LogP contribution in [0.3, 0.4) is 0 Å². The van der Waals surface area contributed by atoms with Gasteiger partial charge in [-0.25, -0.2) is 4.98 Å². The van der Waals surface area contributed by atoms with Gasteiger partial charge in [0.15, 0.2) is 5.78 Å². The molecule has 1 heterocycles. The summed E-state index contributed by atoms with van der Waals surface area (Å²) in [4.78, 5) is 18.3. The third-order valence-electron chi connectivity index (χ3n) is 4.16. The van der Waals surface area contributed by atoms with Crippen LogP contribution in [0.4, 0.5) is 5.82 Å². The predicted molar refractivity (Wildman–Crippen MR) is 83.3 cm³/mol. The number of anilines is 1. The highest BCUT2D eigenvalue weighted by molar-refractivity contribution is 5.93. The molecule has 3 nitrogen and oxygen atoms in total. The van der Waals surface area contributed by atoms with Gasteiger partial charge in [0.1, 0.15) is 5.82 Å². The van der Waals surface area contributed by atoms with Crippen LogP contribution >= 0.6 is 0 Å². The molecule has 1 aliphatic carbocycles. The van der Waals surface area contributed by atoms with Crippen LogP contribution in [-0.4, -0.2) is 23.4 Å². The molecule has 0 unspecified atom stereocenters. The minimum atomic E-state index is 0.0821. The maximum atomic E-state index is 11.3. The van der Waals surface area contributed by atoms with E-state index in [4.69, 9.17) is 0 Å². The molecule has 3 heteroatoms. The zero-order valence-corrected chi connectivity index (χ0v) is 12.9. The number of carbonyl (C=O) groups excluding carboxylic acids is 1. The van der Waals surface area contributed by atoms with Gasteiger partial charge >= 0.3 is 0 Å². The van der Waals surface area contributed by atoms with Gasteiger partial charge in [0.2, 0.25) is 0 Å². The average Bonchev–Trinajstić information content (AvgIpc) is 2.93. The standard InChI is InChI=1S/C17H26N2O/c1-13(2)10-11-19(16-6-4-5-7-16)17-9-8-15(12-18-17)14(3)20/h8-9,12-13,16H,4-7,10-11H2,1-3H3. The maximum absolute atomic E-state index is 11.3. The van der Waals surface area contributed by atoms with Crippen LogP contribution in [0.5, 0.6) is 0 Å². The number of nitrogens with zero attached hydrogens (tertiary/aromatic N) is 2. The Morgan fingerprint density at radius 2 is 2.05 bits per heavy atom. The van der Waals surface area contributed by atoms with Crippen molar-refractivity contribution in [1.29, 1.82) is 0 Å². The second-order valence-electron chi connectivity index (χ2n) is 6.28. The lowest BCUT2D eigenvalue weighted by atomic mass is 10.1. The van der Waals surface area contributed by atoms with Crippen molar-refractivity contribution in [2.24, 2.45) is 5.92 Å². The first-order chi connectivity index (χ1) is 9.58. The molecule has 20 heavy (non-hydrogen) atoms. The zero-order chi connectivity index (χ0) is 14.5. The second-order valence-corrected chi connectivity index (χ2v) is 6.28. The van der Waals surface area contributed by atoms with E-state index >= 15 is 0 Å². The Hall–Kier alpha value is -1.38. The summed E-state index contributed by atoms with van der Waals surface area (Å²) in [6, 6.07) is 4.54. The summed E-state index contributed by atoms with van der Waals surface area (Å²) in [6.45, 7) is 7.18. The summed E-state index contributed by atoms with van der Waals surface area (Å²) < 4.78 is 0. The molecule has 0 atom stereocenters. The van der Waals surface area contributed by atoms with Gasteiger partial charge in [0, 0.05) is 24.3 Å². The summed E-state index contributed by atoms with van der Waals surface area (Å²) in [6.07, 6.45) is 8.10. The van der Waals surface area contributed by atoms with E-state index in [0.717, 1.165) is 12.4 Å². The van der Waals surface area contributed by atoms with Crippen LogP contribution in [-0.2, 0) is 0 Å². The Kier molecular flexibility index (Phi) is 5.16. The molecule has 0 amide bonds. The number of aromatic nitrogens is 1. The second kappa shape index (κ2) is 6.87. The summed E-state index contributed by atoms with van der Waals surface area (Å²) in [5.74, 6) is 1.82. The molecule has 2 rings (SSSR count). The van der Waals surface area contributed by atoms with E-state index in [1.807, 2.05) is 12.1 Å². The van der Waals surface area contributed by atoms with Crippen molar-refractivity contribution in [2.75, 3.05) is 11.4 Å². The molecule has 1 fully saturated rings. The SMILES string of the molecule is CC(=O)c1ccc(N(CCC(C)C)C2CCCC2)nc1. The largest absolute Gasteiger partial charge is 0.354 e. The van der Waals surface area contributed by atoms with Crippen LogP contribution < -0.4 is 4.90 Å². The number of carbonyl (C=O) groups is 1. The first-order valence-corrected chi connectivity index (χ1v) is 7.81. The summed E-state index contributed by atoms with van der Waals surface area (Å²) >= 11 is 0. The molecule has 0 N–H and O–H groups in total. The molecular weight excluding hydrogens is 248 g/mol. The van der Waals surface area contributed by atoms with Crippen molar-refractivity contribution < 1.29 is 4.79 Å². The highest BCUT2D eigenvalue weighted by Gasteiger charge is 2.23. The summed E-state index contributed by atoms with van der Waals surface area (Å²) in [7, 11) is 0. The molecule has 110 valence electrons. The lowest BCUT2D eigenvalue weighted by Gasteiger charge is -2.31. The third kappa shape index (κ3) is 3.81. The van der Waals surface area contributed by atoms with E-state index in [0.29, 0.717) is 17.5 Å². The molecule has 0 saturated heterocycles. The minimum Gasteiger partial charge on any atom is -0.354 e. The lowest BCUT2D eigenvalue weighted by molar-refractivity contribution is 0.101. The monoisotopic (exact) mass is 274 g/mol. The molecular formula is C17H26N2O. The zero-order valence-electron chi connectivity index (χ0n) is 12.9. The Morgan fingerprint density at radius 1 is 1.35 bits per heavy atom. The van der Waals surface area contributed by atoms with Gasteiger partial charge in [0.25, 0.3) is 0 Å². The van der Waals surface area contributed by atoms with Gasteiger partial charge in [-0.3, -0.25) is 4.79 Å². The van der Waals surface area contributed by atoms with Gasteiger partial charge in [-0.1, -0.05) is 26.7 Å². The van der Waals surface area contributed by atoms with E-state index < -0.39 is 0 Å². The predicted octanol–water partition coefficient (Wildman–Crippen LogP) is 4.08. The van der Waals surface area contributed by atoms with E-state index in [1.165, 1.54) is 32.1 Å². The molecule has 0 spiro atoms. The molecule has 0 aromatic carbocycles. The first kappa shape index (κ1) is 15.0. The normalized spacial score (nSPS) is 15.8. The van der Waals surface area contributed by atoms with Crippen LogP contribution in [0.25, 0.3) is 0 Å². The number of pyridine rings is 1. The lowest BCUT2D eigenvalue weighted by Crippen LogP contribution is -2.35. The molecule has 1 saturated carbocycles. The minimum absolute atomic E-state index is 0.0821. The summed E-state index contributed by atoms with van der Waals surface area (Å²) in [5, 5.41) is 0. The molecule has 1 aromatic rings. The fourth-order valence-corrected chi connectivity index (χ4v) is 2.86. The Morgan fingerprint density at radius 3 is 2.55 bits per heavy atom. The van der Waals surface area contributed by atoms with Gasteiger partial charge < -0.3 is 4.90 Å². The van der Waals surface area contributed by atoms with Crippen molar-refractivity contribution in [2.45, 2.75) is 58.9 Å². The quantitative estimate of drug-likeness (QED) is 0.733. The van der Waals surface area contributed by atoms with Crippen molar-refractivity contribution in [3.05, 3.63) is 23.9 Å². The first-order valence-electron chi connectivity index (χ1n) is 7.81. The van der Waals surface area contributed by atoms with Gasteiger partial charge in [-0.05, 0) is 44.2 Å². The van der Waals surface area contributed by atoms with Crippen LogP contribution in [0.1, 0.15) is 63.2 Å². The fraction of sp³-hybridized carbons (Fsp3) is 0.647. The number of hydrogen-bond donors (Lipinski definition) is 0. The molecule has 0 bridgehead atoms. The van der Waals surface area contributed by atoms with Crippen LogP contribution in [0, 0.1) is 5.92 Å². The van der Waals surface area contributed by atoms with Gasteiger partial charge in [0.05, 0.1) is 0 Å². The van der Waals surface area contributed by atoms with Gasteiger partial charge in [-0.15, -0.1) is 0 Å². The van der Waals surface area contributed by atoms with Crippen molar-refractivity contribution >= 4 is 11.6 Å². The van der Waals surface area contributed by atoms with E-state index in [1.54, 1.807) is 13.1 Å². The van der Waals surface area contributed by atoms with Crippen molar-refractivity contribution in [3.63, 3.8) is 0 Å². The maximum Gasteiger partial charge on any atom is 0.161 e. The van der Waals surface area contributed by atoms with Crippen molar-refractivity contribution in [3.8, 4) is 0 Å². The Labute approximate surface area is 122 Å². The highest BCUT2D eigenvalue weighted by Crippen LogP contribution is 2.28. The van der Waals surface area contributed by atoms with Crippen molar-refractivity contribution in [1.82, 2.24) is 4.98 Å². The smallest absolute Gasteiger partial charge is 0.161 e. The molecule has 1 aromatic heterocycles. The van der Waals surface area contributed by atoms with Gasteiger partial charge in [-0.2, -0.15) is 0 Å². The van der Waals surface area contributed by atoms with E-state index in [9.17, 15) is 4.79 Å². The number of hydrogen-bond acceptors (Lipinski definition) is 3. The fourth-order valence-electron chi connectivity index (χ4n) is 2.86. The third-order valence-corrected chi connectivity index (χ3v) is 4.16. The van der Waals surface area contributed by atoms with E-state index in [-0.39, 0.29) is 5.78 Å². The van der Waals surface area contributed by atoms with Crippen LogP contribution in [0.15, 0.2) is 18.3 Å². The molecule has 0 radical (unpaired) electrons. The number of rotatable bonds is 6.